The number of benzene rings is 1. The zero-order chi connectivity index (χ0) is 18.1. The van der Waals surface area contributed by atoms with E-state index >= 15 is 0 Å². The topological polar surface area (TPSA) is 66.5 Å². The minimum atomic E-state index is -3.21. The van der Waals surface area contributed by atoms with Crippen molar-refractivity contribution in [1.82, 2.24) is 10.2 Å². The largest absolute Gasteiger partial charge is 0.355 e. The van der Waals surface area contributed by atoms with Gasteiger partial charge in [-0.2, -0.15) is 0 Å². The van der Waals surface area contributed by atoms with Gasteiger partial charge in [-0.25, -0.2) is 8.42 Å². The second-order valence-electron chi connectivity index (χ2n) is 7.49. The molecule has 0 unspecified atom stereocenters. The molecule has 1 saturated heterocycles. The first-order valence-electron chi connectivity index (χ1n) is 9.16. The Morgan fingerprint density at radius 3 is 2.44 bits per heavy atom. The lowest BCUT2D eigenvalue weighted by Crippen LogP contribution is -2.50. The number of sulfone groups is 1. The number of likely N-dealkylation sites (tertiary alicyclic amines) is 1. The molecular weight excluding hydrogens is 336 g/mol. The Kier molecular flexibility index (Phi) is 5.21. The predicted octanol–water partition coefficient (Wildman–Crippen LogP) is 1.97. The summed E-state index contributed by atoms with van der Waals surface area (Å²) in [6.07, 6.45) is 5.05. The van der Waals surface area contributed by atoms with E-state index in [0.29, 0.717) is 10.8 Å². The summed E-state index contributed by atoms with van der Waals surface area (Å²) >= 11 is 0. The van der Waals surface area contributed by atoms with E-state index in [0.717, 1.165) is 57.4 Å². The zero-order valence-corrected chi connectivity index (χ0v) is 15.9. The Bertz CT molecular complexity index is 724. The van der Waals surface area contributed by atoms with E-state index in [2.05, 4.69) is 17.1 Å². The first-order chi connectivity index (χ1) is 11.8. The Balaban J connectivity index is 1.67. The lowest BCUT2D eigenvalue weighted by molar-refractivity contribution is -0.130. The van der Waals surface area contributed by atoms with Crippen molar-refractivity contribution in [1.29, 1.82) is 0 Å². The van der Waals surface area contributed by atoms with Gasteiger partial charge in [0, 0.05) is 19.3 Å². The highest BCUT2D eigenvalue weighted by atomic mass is 32.2. The maximum atomic E-state index is 12.9. The maximum Gasteiger partial charge on any atom is 0.230 e. The molecule has 0 spiro atoms. The van der Waals surface area contributed by atoms with Crippen molar-refractivity contribution in [2.24, 2.45) is 5.92 Å². The van der Waals surface area contributed by atoms with Gasteiger partial charge < -0.3 is 10.2 Å². The number of nitrogens with one attached hydrogen (secondary N) is 1. The van der Waals surface area contributed by atoms with E-state index in [-0.39, 0.29) is 5.91 Å². The van der Waals surface area contributed by atoms with Crippen molar-refractivity contribution < 1.29 is 13.2 Å². The molecule has 25 heavy (non-hydrogen) atoms. The van der Waals surface area contributed by atoms with Gasteiger partial charge in [-0.05, 0) is 56.0 Å². The minimum absolute atomic E-state index is 0.0980. The van der Waals surface area contributed by atoms with Gasteiger partial charge >= 0.3 is 0 Å². The summed E-state index contributed by atoms with van der Waals surface area (Å²) < 4.78 is 23.3. The lowest BCUT2D eigenvalue weighted by atomic mass is 9.64. The van der Waals surface area contributed by atoms with E-state index < -0.39 is 15.3 Å². The van der Waals surface area contributed by atoms with Gasteiger partial charge in [0.2, 0.25) is 5.91 Å². The fourth-order valence-electron chi connectivity index (χ4n) is 3.97. The Labute approximate surface area is 150 Å². The van der Waals surface area contributed by atoms with E-state index in [1.165, 1.54) is 6.26 Å². The van der Waals surface area contributed by atoms with Crippen LogP contribution in [-0.2, 0) is 20.0 Å². The number of nitrogens with zero attached hydrogens (tertiary/aromatic N) is 1. The van der Waals surface area contributed by atoms with Crippen molar-refractivity contribution in [2.75, 3.05) is 32.4 Å². The van der Waals surface area contributed by atoms with E-state index in [1.807, 2.05) is 12.1 Å². The Morgan fingerprint density at radius 1 is 1.28 bits per heavy atom. The molecule has 2 fully saturated rings. The van der Waals surface area contributed by atoms with Crippen LogP contribution < -0.4 is 5.32 Å². The van der Waals surface area contributed by atoms with Crippen molar-refractivity contribution >= 4 is 15.7 Å². The van der Waals surface area contributed by atoms with Gasteiger partial charge in [-0.3, -0.25) is 4.79 Å². The summed E-state index contributed by atoms with van der Waals surface area (Å²) in [5.74, 6) is 0.634. The fourth-order valence-corrected chi connectivity index (χ4v) is 4.60. The summed E-state index contributed by atoms with van der Waals surface area (Å²) in [7, 11) is -3.21. The molecule has 138 valence electrons. The van der Waals surface area contributed by atoms with Gasteiger partial charge in [-0.1, -0.05) is 25.5 Å². The molecule has 1 aliphatic carbocycles. The molecular formula is C19H28N2O3S. The summed E-state index contributed by atoms with van der Waals surface area (Å²) in [6.45, 7) is 6.16. The van der Waals surface area contributed by atoms with Gasteiger partial charge in [-0.15, -0.1) is 0 Å². The molecule has 1 aromatic carbocycles. The van der Waals surface area contributed by atoms with Crippen LogP contribution in [0.1, 0.15) is 38.2 Å². The molecule has 0 aromatic heterocycles. The smallest absolute Gasteiger partial charge is 0.230 e. The normalized spacial score (nSPS) is 23.2. The maximum absolute atomic E-state index is 12.9. The van der Waals surface area contributed by atoms with Crippen LogP contribution >= 0.6 is 0 Å². The van der Waals surface area contributed by atoms with Gasteiger partial charge in [0.15, 0.2) is 9.84 Å². The van der Waals surface area contributed by atoms with Crippen LogP contribution in [0, 0.1) is 5.92 Å². The molecule has 1 N–H and O–H groups in total. The molecule has 1 saturated carbocycles. The monoisotopic (exact) mass is 364 g/mol. The van der Waals surface area contributed by atoms with Crippen LogP contribution in [0.2, 0.25) is 0 Å². The third-order valence-electron chi connectivity index (χ3n) is 5.85. The summed E-state index contributed by atoms with van der Waals surface area (Å²) in [5, 5.41) is 3.17. The number of rotatable bonds is 6. The number of hydrogen-bond donors (Lipinski definition) is 1. The standard InChI is InChI=1S/C19H28N2O3S/c1-3-21-12-9-15(14-21)13-20-18(22)19(10-4-11-19)16-5-7-17(8-6-16)25(2,23)24/h5-8,15H,3-4,9-14H2,1-2H3,(H,20,22)/t15-/m0/s1. The molecule has 1 aromatic rings. The second-order valence-corrected chi connectivity index (χ2v) is 9.51. The van der Waals surface area contributed by atoms with Crippen molar-refractivity contribution in [3.05, 3.63) is 29.8 Å². The molecule has 1 heterocycles. The highest BCUT2D eigenvalue weighted by Gasteiger charge is 2.45. The molecule has 3 rings (SSSR count). The van der Waals surface area contributed by atoms with Crippen LogP contribution in [0.3, 0.4) is 0 Å². The fraction of sp³-hybridized carbons (Fsp3) is 0.632. The minimum Gasteiger partial charge on any atom is -0.355 e. The summed E-state index contributed by atoms with van der Waals surface area (Å²) in [5.41, 5.74) is 0.462. The van der Waals surface area contributed by atoms with Crippen LogP contribution in [-0.4, -0.2) is 51.7 Å². The third kappa shape index (κ3) is 3.75. The summed E-state index contributed by atoms with van der Waals surface area (Å²) in [4.78, 5) is 15.6. The van der Waals surface area contributed by atoms with Gasteiger partial charge in [0.1, 0.15) is 0 Å². The highest BCUT2D eigenvalue weighted by Crippen LogP contribution is 2.44. The number of amides is 1. The first kappa shape index (κ1) is 18.4. The lowest BCUT2D eigenvalue weighted by Gasteiger charge is -2.41. The first-order valence-corrected chi connectivity index (χ1v) is 11.1. The van der Waals surface area contributed by atoms with Crippen LogP contribution in [0.15, 0.2) is 29.2 Å². The predicted molar refractivity (Wildman–Crippen MR) is 98.3 cm³/mol. The van der Waals surface area contributed by atoms with Crippen molar-refractivity contribution in [3.8, 4) is 0 Å². The van der Waals surface area contributed by atoms with E-state index in [4.69, 9.17) is 0 Å². The van der Waals surface area contributed by atoms with Crippen molar-refractivity contribution in [3.63, 3.8) is 0 Å². The molecule has 1 aliphatic heterocycles. The SMILES string of the molecule is CCN1CC[C@@H](CNC(=O)C2(c3ccc(S(C)(=O)=O)cc3)CCC2)C1. The second kappa shape index (κ2) is 7.08. The molecule has 2 aliphatic rings. The Morgan fingerprint density at radius 2 is 1.96 bits per heavy atom. The number of carbonyl (C=O) groups is 1. The molecule has 0 bridgehead atoms. The zero-order valence-electron chi connectivity index (χ0n) is 15.1. The van der Waals surface area contributed by atoms with Crippen LogP contribution in [0.5, 0.6) is 0 Å². The van der Waals surface area contributed by atoms with Gasteiger partial charge in [0.25, 0.3) is 0 Å². The molecule has 5 nitrogen and oxygen atoms in total. The van der Waals surface area contributed by atoms with Crippen LogP contribution in [0.4, 0.5) is 0 Å². The molecule has 0 radical (unpaired) electrons. The van der Waals surface area contributed by atoms with Gasteiger partial charge in [0.05, 0.1) is 10.3 Å². The quantitative estimate of drug-likeness (QED) is 0.838. The van der Waals surface area contributed by atoms with Crippen molar-refractivity contribution in [2.45, 2.75) is 42.9 Å². The van der Waals surface area contributed by atoms with E-state index in [9.17, 15) is 13.2 Å². The molecule has 1 amide bonds. The summed E-state index contributed by atoms with van der Waals surface area (Å²) in [6, 6.07) is 6.86. The van der Waals surface area contributed by atoms with Crippen LogP contribution in [0.25, 0.3) is 0 Å². The third-order valence-corrected chi connectivity index (χ3v) is 6.97. The average molecular weight is 365 g/mol. The average Bonchev–Trinajstić information content (AvgIpc) is 2.99. The Hall–Kier alpha value is -1.40. The molecule has 6 heteroatoms. The molecule has 1 atom stereocenters. The van der Waals surface area contributed by atoms with E-state index in [1.54, 1.807) is 12.1 Å². The highest BCUT2D eigenvalue weighted by molar-refractivity contribution is 7.90. The number of hydrogen-bond acceptors (Lipinski definition) is 4. The number of carbonyl (C=O) groups excluding carboxylic acids is 1.